The van der Waals surface area contributed by atoms with Crippen molar-refractivity contribution in [2.75, 3.05) is 39.3 Å². The fourth-order valence-electron chi connectivity index (χ4n) is 3.06. The molecule has 0 saturated heterocycles. The van der Waals surface area contributed by atoms with Gasteiger partial charge in [0.05, 0.1) is 26.1 Å². The van der Waals surface area contributed by atoms with E-state index in [4.69, 9.17) is 20.2 Å². The van der Waals surface area contributed by atoms with Crippen molar-refractivity contribution in [1.82, 2.24) is 15.0 Å². The normalized spacial score (nSPS) is 11.8. The fourth-order valence-corrected chi connectivity index (χ4v) is 3.06. The highest BCUT2D eigenvalue weighted by Gasteiger charge is 2.15. The lowest BCUT2D eigenvalue weighted by Gasteiger charge is -2.24. The highest BCUT2D eigenvalue weighted by Crippen LogP contribution is 2.32. The number of aliphatic hydroxyl groups excluding tert-OH is 1. The van der Waals surface area contributed by atoms with Gasteiger partial charge in [0, 0.05) is 62.1 Å². The number of methoxy groups -OCH3 is 2. The van der Waals surface area contributed by atoms with Gasteiger partial charge in [-0.05, 0) is 18.6 Å². The highest BCUT2D eigenvalue weighted by atomic mass is 16.5. The van der Waals surface area contributed by atoms with Gasteiger partial charge in [-0.25, -0.2) is 9.97 Å². The second kappa shape index (κ2) is 10.4. The van der Waals surface area contributed by atoms with E-state index in [1.54, 1.807) is 39.7 Å². The maximum atomic E-state index is 9.41. The maximum Gasteiger partial charge on any atom is 0.180 e. The molecule has 0 bridgehead atoms. The Morgan fingerprint density at radius 3 is 2.52 bits per heavy atom. The van der Waals surface area contributed by atoms with Crippen LogP contribution in [0.2, 0.25) is 0 Å². The highest BCUT2D eigenvalue weighted by molar-refractivity contribution is 6.08. The Morgan fingerprint density at radius 2 is 1.90 bits per heavy atom. The Balaban J connectivity index is 2.10. The molecule has 0 unspecified atom stereocenters. The number of hydrogen-bond acceptors (Lipinski definition) is 9. The molecule has 0 aliphatic carbocycles. The Bertz CT molecular complexity index is 1080. The summed E-state index contributed by atoms with van der Waals surface area (Å²) in [6, 6.07) is 9.31. The van der Waals surface area contributed by atoms with Crippen LogP contribution < -0.4 is 20.1 Å². The summed E-state index contributed by atoms with van der Waals surface area (Å²) in [4.78, 5) is 19.8. The van der Waals surface area contributed by atoms with Crippen molar-refractivity contribution in [2.45, 2.75) is 6.42 Å². The van der Waals surface area contributed by atoms with E-state index in [1.807, 2.05) is 29.2 Å². The van der Waals surface area contributed by atoms with Crippen molar-refractivity contribution in [3.05, 3.63) is 48.4 Å². The van der Waals surface area contributed by atoms with Crippen molar-refractivity contribution in [3.8, 4) is 11.5 Å². The number of nitrogens with zero attached hydrogens (tertiary/aromatic N) is 5. The summed E-state index contributed by atoms with van der Waals surface area (Å²) in [6.45, 7) is 0.588. The molecule has 0 spiro atoms. The van der Waals surface area contributed by atoms with Gasteiger partial charge in [-0.15, -0.1) is 0 Å². The van der Waals surface area contributed by atoms with Crippen molar-refractivity contribution in [2.24, 2.45) is 10.7 Å². The number of ether oxygens (including phenoxy) is 2. The van der Waals surface area contributed by atoms with E-state index in [0.717, 1.165) is 5.69 Å². The second-order valence-electron chi connectivity index (χ2n) is 6.58. The predicted octanol–water partition coefficient (Wildman–Crippen LogP) is 2.56. The number of aliphatic imine (C=N–C) groups is 1. The van der Waals surface area contributed by atoms with Crippen LogP contribution >= 0.6 is 0 Å². The first-order valence-corrected chi connectivity index (χ1v) is 9.73. The first kappa shape index (κ1) is 22.0. The Hall–Kier alpha value is -3.72. The number of aromatic nitrogens is 3. The lowest BCUT2D eigenvalue weighted by Crippen LogP contribution is -2.21. The third-order valence-corrected chi connectivity index (χ3v) is 4.60. The van der Waals surface area contributed by atoms with Gasteiger partial charge in [-0.2, -0.15) is 0 Å². The molecule has 3 rings (SSSR count). The third kappa shape index (κ3) is 5.07. The monoisotopic (exact) mass is 422 g/mol. The van der Waals surface area contributed by atoms with E-state index in [9.17, 15) is 5.11 Å². The van der Waals surface area contributed by atoms with Crippen molar-refractivity contribution in [1.29, 1.82) is 0 Å². The topological polar surface area (TPSA) is 119 Å². The summed E-state index contributed by atoms with van der Waals surface area (Å²) in [6.07, 6.45) is 5.25. The van der Waals surface area contributed by atoms with Crippen LogP contribution in [0.4, 0.5) is 11.5 Å². The summed E-state index contributed by atoms with van der Waals surface area (Å²) in [7, 11) is 4.87. The third-order valence-electron chi connectivity index (χ3n) is 4.60. The minimum atomic E-state index is 0.0517. The number of pyridine rings is 1. The zero-order valence-corrected chi connectivity index (χ0v) is 17.8. The summed E-state index contributed by atoms with van der Waals surface area (Å²) < 4.78 is 10.8. The van der Waals surface area contributed by atoms with Gasteiger partial charge in [0.2, 0.25) is 0 Å². The van der Waals surface area contributed by atoms with E-state index < -0.39 is 0 Å². The molecule has 0 aliphatic heterocycles. The minimum Gasteiger partial charge on any atom is -0.497 e. The standard InChI is InChI=1S/C22H26N6O3/c1-24-13-15(12-23)20-14-25-19-5-6-21(27-22(19)26-20)28(7-4-8-29)16-9-17(30-2)11-18(10-16)31-3/h5-6,9-14,29H,4,7-8,23H2,1-3H3. The van der Waals surface area contributed by atoms with Crippen LogP contribution in [0.25, 0.3) is 16.7 Å². The van der Waals surface area contributed by atoms with Gasteiger partial charge >= 0.3 is 0 Å². The van der Waals surface area contributed by atoms with Gasteiger partial charge in [0.25, 0.3) is 0 Å². The number of anilines is 2. The lowest BCUT2D eigenvalue weighted by atomic mass is 10.2. The number of hydrogen-bond donors (Lipinski definition) is 2. The van der Waals surface area contributed by atoms with Crippen LogP contribution in [0, 0.1) is 0 Å². The lowest BCUT2D eigenvalue weighted by molar-refractivity contribution is 0.290. The van der Waals surface area contributed by atoms with Gasteiger partial charge in [-0.1, -0.05) is 0 Å². The molecule has 0 aliphatic rings. The fraction of sp³-hybridized carbons (Fsp3) is 0.273. The second-order valence-corrected chi connectivity index (χ2v) is 6.58. The molecule has 9 nitrogen and oxygen atoms in total. The zero-order valence-electron chi connectivity index (χ0n) is 17.8. The van der Waals surface area contributed by atoms with Crippen LogP contribution in [-0.4, -0.2) is 60.7 Å². The van der Waals surface area contributed by atoms with E-state index in [0.29, 0.717) is 52.7 Å². The molecule has 3 aromatic rings. The summed E-state index contributed by atoms with van der Waals surface area (Å²) in [5.41, 5.74) is 8.88. The van der Waals surface area contributed by atoms with Crippen molar-refractivity contribution < 1.29 is 14.6 Å². The first-order valence-electron chi connectivity index (χ1n) is 9.73. The van der Waals surface area contributed by atoms with Gasteiger partial charge in [0.15, 0.2) is 5.65 Å². The van der Waals surface area contributed by atoms with Crippen molar-refractivity contribution in [3.63, 3.8) is 0 Å². The smallest absolute Gasteiger partial charge is 0.180 e. The van der Waals surface area contributed by atoms with E-state index in [-0.39, 0.29) is 6.61 Å². The molecule has 2 heterocycles. The van der Waals surface area contributed by atoms with Crippen LogP contribution in [0.5, 0.6) is 11.5 Å². The molecular weight excluding hydrogens is 396 g/mol. The Morgan fingerprint density at radius 1 is 1.16 bits per heavy atom. The Kier molecular flexibility index (Phi) is 7.34. The molecular formula is C22H26N6O3. The number of nitrogens with two attached hydrogens (primary N) is 1. The average Bonchev–Trinajstić information content (AvgIpc) is 2.82. The minimum absolute atomic E-state index is 0.0517. The summed E-state index contributed by atoms with van der Waals surface area (Å²) >= 11 is 0. The van der Waals surface area contributed by atoms with Gasteiger partial charge in [0.1, 0.15) is 22.8 Å². The summed E-state index contributed by atoms with van der Waals surface area (Å²) in [5, 5.41) is 9.41. The number of aliphatic hydroxyl groups is 1. The Labute approximate surface area is 180 Å². The molecule has 0 radical (unpaired) electrons. The van der Waals surface area contributed by atoms with Gasteiger partial charge in [-0.3, -0.25) is 9.98 Å². The largest absolute Gasteiger partial charge is 0.497 e. The van der Waals surface area contributed by atoms with Crippen LogP contribution in [-0.2, 0) is 0 Å². The van der Waals surface area contributed by atoms with Crippen LogP contribution in [0.3, 0.4) is 0 Å². The van der Waals surface area contributed by atoms with Crippen LogP contribution in [0.1, 0.15) is 12.1 Å². The molecule has 162 valence electrons. The molecule has 0 fully saturated rings. The molecule has 0 atom stereocenters. The molecule has 1 aromatic carbocycles. The van der Waals surface area contributed by atoms with Crippen molar-refractivity contribution >= 4 is 34.5 Å². The predicted molar refractivity (Wildman–Crippen MR) is 122 cm³/mol. The zero-order chi connectivity index (χ0) is 22.2. The molecule has 3 N–H and O–H groups in total. The number of allylic oxidation sites excluding steroid dienone is 1. The van der Waals surface area contributed by atoms with Crippen LogP contribution in [0.15, 0.2) is 47.7 Å². The first-order chi connectivity index (χ1) is 15.1. The SMILES string of the molecule is CN=CC(=CN)c1cnc2ccc(N(CCCO)c3cc(OC)cc(OC)c3)nc2n1. The molecule has 31 heavy (non-hydrogen) atoms. The van der Waals surface area contributed by atoms with Gasteiger partial charge < -0.3 is 25.2 Å². The molecule has 2 aromatic heterocycles. The molecule has 0 saturated carbocycles. The maximum absolute atomic E-state index is 9.41. The van der Waals surface area contributed by atoms with E-state index >= 15 is 0 Å². The average molecular weight is 422 g/mol. The van der Waals surface area contributed by atoms with E-state index in [1.165, 1.54) is 6.20 Å². The van der Waals surface area contributed by atoms with E-state index in [2.05, 4.69) is 15.0 Å². The number of fused-ring (bicyclic) bond motifs is 1. The molecule has 0 amide bonds. The molecule has 9 heteroatoms. The summed E-state index contributed by atoms with van der Waals surface area (Å²) in [5.74, 6) is 1.97. The number of benzene rings is 1. The quantitative estimate of drug-likeness (QED) is 0.505. The number of rotatable bonds is 9.